The molecular formula is C26H68GeSi10. The van der Waals surface area contributed by atoms with Gasteiger partial charge in [0.15, 0.2) is 0 Å². The summed E-state index contributed by atoms with van der Waals surface area (Å²) in [5.41, 5.74) is 6.52. The fraction of sp³-hybridized carbons (Fsp3) is 0.846. The summed E-state index contributed by atoms with van der Waals surface area (Å²) >= 11 is -0.214. The summed E-state index contributed by atoms with van der Waals surface area (Å²) in [4.78, 5) is 0. The van der Waals surface area contributed by atoms with Gasteiger partial charge < -0.3 is 0 Å². The Morgan fingerprint density at radius 1 is 0.405 bits per heavy atom. The van der Waals surface area contributed by atoms with E-state index in [1.54, 1.807) is 0 Å². The summed E-state index contributed by atoms with van der Waals surface area (Å²) in [6, 6.07) is 0. The average Bonchev–Trinajstić information content (AvgIpc) is 2.53. The van der Waals surface area contributed by atoms with Gasteiger partial charge in [-0.1, -0.05) is 0 Å². The standard InChI is InChI=1S/C26H68GeSi10/c1-28(2)36(32(11,12)13,33(14,15)16)23-25(30(5,6)7)27-26(31(8,9)10)24-37(29(3)4,34(17,18)19)35(20,21)22/h23-24H,1-22H3/b25-23+,26-24+. The van der Waals surface area contributed by atoms with Crippen LogP contribution < -0.4 is 0 Å². The zero-order valence-corrected chi connectivity index (χ0v) is 41.8. The molecule has 0 spiro atoms. The fourth-order valence-corrected chi connectivity index (χ4v) is 182. The molecular weight excluding hydrogens is 666 g/mol. The number of hydrogen-bond acceptors (Lipinski definition) is 0. The van der Waals surface area contributed by atoms with E-state index in [9.17, 15) is 0 Å². The molecule has 0 aromatic rings. The molecule has 0 aliphatic heterocycles. The maximum absolute atomic E-state index is 3.26. The Labute approximate surface area is 253 Å². The number of hydrogen-bond donors (Lipinski definition) is 0. The van der Waals surface area contributed by atoms with E-state index in [-0.39, 0.29) is 32.1 Å². The summed E-state index contributed by atoms with van der Waals surface area (Å²) in [6.45, 7) is 57.7. The van der Waals surface area contributed by atoms with E-state index in [4.69, 9.17) is 0 Å². The quantitative estimate of drug-likeness (QED) is 0.175. The Balaban J connectivity index is 7.81. The molecule has 0 saturated heterocycles. The van der Waals surface area contributed by atoms with Gasteiger partial charge >= 0.3 is 255 Å². The first kappa shape index (κ1) is 39.2. The normalized spacial score (nSPS) is 16.8. The van der Waals surface area contributed by atoms with Gasteiger partial charge in [0.2, 0.25) is 0 Å². The second kappa shape index (κ2) is 12.4. The van der Waals surface area contributed by atoms with Crippen molar-refractivity contribution in [3.8, 4) is 0 Å². The van der Waals surface area contributed by atoms with Crippen molar-refractivity contribution in [2.75, 3.05) is 0 Å². The van der Waals surface area contributed by atoms with Crippen LogP contribution in [-0.2, 0) is 0 Å². The third-order valence-corrected chi connectivity index (χ3v) is 153. The van der Waals surface area contributed by atoms with Crippen molar-refractivity contribution in [3.63, 3.8) is 0 Å². The molecule has 0 nitrogen and oxygen atoms in total. The molecule has 0 amide bonds. The second-order valence-electron chi connectivity index (χ2n) is 18.4. The summed E-state index contributed by atoms with van der Waals surface area (Å²) in [5.74, 6) is 0. The van der Waals surface area contributed by atoms with Crippen LogP contribution in [0.3, 0.4) is 0 Å². The van der Waals surface area contributed by atoms with Crippen LogP contribution >= 0.6 is 0 Å². The van der Waals surface area contributed by atoms with Crippen LogP contribution in [0.1, 0.15) is 0 Å². The van der Waals surface area contributed by atoms with Crippen LogP contribution in [0, 0.1) is 0 Å². The van der Waals surface area contributed by atoms with Gasteiger partial charge in [-0.15, -0.1) is 0 Å². The summed E-state index contributed by atoms with van der Waals surface area (Å²) in [7, 11) is -8.50. The van der Waals surface area contributed by atoms with E-state index in [1.165, 1.54) is 0 Å². The first-order valence-corrected chi connectivity index (χ1v) is 52.9. The van der Waals surface area contributed by atoms with E-state index in [1.807, 2.05) is 0 Å². The number of rotatable bonds is 12. The van der Waals surface area contributed by atoms with Crippen molar-refractivity contribution in [1.82, 2.24) is 0 Å². The van der Waals surface area contributed by atoms with E-state index < -0.39 is 59.8 Å². The molecule has 0 aliphatic rings. The van der Waals surface area contributed by atoms with Crippen molar-refractivity contribution < 1.29 is 0 Å². The van der Waals surface area contributed by atoms with Crippen LogP contribution in [0.2, 0.25) is 144 Å². The van der Waals surface area contributed by atoms with Gasteiger partial charge in [0.25, 0.3) is 0 Å². The van der Waals surface area contributed by atoms with Gasteiger partial charge in [-0.25, -0.2) is 0 Å². The van der Waals surface area contributed by atoms with Crippen molar-refractivity contribution >= 4 is 91.8 Å². The molecule has 0 saturated carbocycles. The van der Waals surface area contributed by atoms with Gasteiger partial charge in [0, 0.05) is 0 Å². The molecule has 37 heavy (non-hydrogen) atoms. The molecule has 0 heterocycles. The van der Waals surface area contributed by atoms with E-state index in [2.05, 4.69) is 163 Å². The van der Waals surface area contributed by atoms with Crippen molar-refractivity contribution in [2.24, 2.45) is 0 Å². The summed E-state index contributed by atoms with van der Waals surface area (Å²) in [6.07, 6.45) is 0. The summed E-state index contributed by atoms with van der Waals surface area (Å²) < 4.78 is 4.22. The average molecular weight is 734 g/mol. The molecule has 0 aromatic heterocycles. The van der Waals surface area contributed by atoms with Crippen LogP contribution in [0.4, 0.5) is 0 Å². The van der Waals surface area contributed by atoms with E-state index in [0.29, 0.717) is 0 Å². The SMILES string of the molecule is C[Si](C)[Si](/C=[C](\[Ge]/[C](=C\[Si]([Si](C)C)([Si](C)(C)C)[Si](C)(C)C)[Si](C)(C)C)[Si](C)(C)C)([Si](C)(C)C)[Si](C)(C)C. The van der Waals surface area contributed by atoms with Crippen LogP contribution in [-0.4, -0.2) is 91.8 Å². The van der Waals surface area contributed by atoms with Crippen LogP contribution in [0.5, 0.6) is 0 Å². The van der Waals surface area contributed by atoms with E-state index >= 15 is 0 Å². The van der Waals surface area contributed by atoms with Crippen molar-refractivity contribution in [3.05, 3.63) is 19.5 Å². The molecule has 0 fully saturated rings. The third kappa shape index (κ3) is 8.62. The minimum absolute atomic E-state index is 0.214. The van der Waals surface area contributed by atoms with Gasteiger partial charge in [-0.2, -0.15) is 0 Å². The Morgan fingerprint density at radius 3 is 0.703 bits per heavy atom. The molecule has 0 rings (SSSR count). The molecule has 0 N–H and O–H groups in total. The van der Waals surface area contributed by atoms with Crippen LogP contribution in [0.25, 0.3) is 0 Å². The predicted octanol–water partition coefficient (Wildman–Crippen LogP) is 9.52. The summed E-state index contributed by atoms with van der Waals surface area (Å²) in [5, 5.41) is 0. The molecule has 216 valence electrons. The molecule has 0 aromatic carbocycles. The Kier molecular flexibility index (Phi) is 13.2. The fourth-order valence-electron chi connectivity index (χ4n) is 7.86. The van der Waals surface area contributed by atoms with E-state index in [0.717, 1.165) is 0 Å². The Hall–Kier alpha value is 2.19. The zero-order chi connectivity index (χ0) is 30.4. The molecule has 4 radical (unpaired) electrons. The van der Waals surface area contributed by atoms with Gasteiger partial charge in [0.05, 0.1) is 0 Å². The maximum atomic E-state index is 3.26. The minimum atomic E-state index is -1.42. The Bertz CT molecular complexity index is 736. The molecule has 11 heteroatoms. The predicted molar refractivity (Wildman–Crippen MR) is 208 cm³/mol. The monoisotopic (exact) mass is 734 g/mol. The Morgan fingerprint density at radius 2 is 0.595 bits per heavy atom. The van der Waals surface area contributed by atoms with Crippen LogP contribution in [0.15, 0.2) is 19.5 Å². The topological polar surface area (TPSA) is 0 Å². The molecule has 0 atom stereocenters. The first-order valence-electron chi connectivity index (χ1n) is 14.7. The van der Waals surface area contributed by atoms with Gasteiger partial charge in [0.1, 0.15) is 0 Å². The second-order valence-corrected chi connectivity index (χ2v) is 106. The van der Waals surface area contributed by atoms with Crippen molar-refractivity contribution in [1.29, 1.82) is 0 Å². The van der Waals surface area contributed by atoms with Crippen molar-refractivity contribution in [2.45, 2.75) is 144 Å². The zero-order valence-electron chi connectivity index (χ0n) is 29.7. The third-order valence-electron chi connectivity index (χ3n) is 8.92. The molecule has 0 aliphatic carbocycles. The molecule has 0 bridgehead atoms. The van der Waals surface area contributed by atoms with Gasteiger partial charge in [-0.05, 0) is 0 Å². The first-order chi connectivity index (χ1) is 15.8. The van der Waals surface area contributed by atoms with Gasteiger partial charge in [-0.3, -0.25) is 0 Å². The molecule has 0 unspecified atom stereocenters.